The molecule has 0 bridgehead atoms. The molecule has 0 aromatic carbocycles. The number of allylic oxidation sites excluding steroid dienone is 2. The third-order valence-corrected chi connectivity index (χ3v) is 4.26. The van der Waals surface area contributed by atoms with E-state index < -0.39 is 13.5 Å². The summed E-state index contributed by atoms with van der Waals surface area (Å²) in [4.78, 5) is 23.7. The van der Waals surface area contributed by atoms with Crippen LogP contribution in [0, 0.1) is 0 Å². The molecule has 0 saturated heterocycles. The predicted octanol–water partition coefficient (Wildman–Crippen LogP) is 2.12. The summed E-state index contributed by atoms with van der Waals surface area (Å²) in [5.41, 5.74) is 0. The fourth-order valence-electron chi connectivity index (χ4n) is 2.31. The monoisotopic (exact) mass is 384 g/mol. The van der Waals surface area contributed by atoms with Crippen LogP contribution in [0.1, 0.15) is 65.2 Å². The van der Waals surface area contributed by atoms with Gasteiger partial charge >= 0.3 is 0 Å². The molecule has 0 aromatic heterocycles. The smallest absolute Gasteiger partial charge is 0.247 e. The summed E-state index contributed by atoms with van der Waals surface area (Å²) in [6.45, 7) is 3.48. The summed E-state index contributed by atoms with van der Waals surface area (Å²) in [6.07, 6.45) is 14.9. The third kappa shape index (κ3) is 13.2. The number of hydrogen-bond donors (Lipinski definition) is 4. The molecule has 0 unspecified atom stereocenters. The lowest BCUT2D eigenvalue weighted by Crippen LogP contribution is -2.59. The van der Waals surface area contributed by atoms with Crippen LogP contribution in [-0.4, -0.2) is 53.3 Å². The van der Waals surface area contributed by atoms with Gasteiger partial charge in [0.2, 0.25) is 11.8 Å². The number of carbonyl (C=O) groups excluding carboxylic acids is 2. The molecule has 0 aliphatic rings. The van der Waals surface area contributed by atoms with Crippen LogP contribution in [0.2, 0.25) is 0 Å². The summed E-state index contributed by atoms with van der Waals surface area (Å²) in [6, 6.07) is 0. The van der Waals surface area contributed by atoms with E-state index in [0.717, 1.165) is 51.4 Å². The molecular formula is C20H38N3O4+. The Labute approximate surface area is 163 Å². The standard InChI is InChI=1S/C20H37N3O4/c1-3-5-7-9-11-13-19(26)21-15-23(17-24,18-25)16-22-20(27)14-12-10-8-6-4-2/h11-14,24-25H,3-10,15-18H2,1-2H3,(H-,21,22,26,27)/p+1/b13-11+,14-12+. The van der Waals surface area contributed by atoms with Gasteiger partial charge in [0.15, 0.2) is 26.8 Å². The van der Waals surface area contributed by atoms with Crippen molar-refractivity contribution in [3.8, 4) is 0 Å². The highest BCUT2D eigenvalue weighted by Gasteiger charge is 2.26. The first-order chi connectivity index (χ1) is 13.0. The van der Waals surface area contributed by atoms with Crippen molar-refractivity contribution in [1.82, 2.24) is 10.6 Å². The van der Waals surface area contributed by atoms with Crippen LogP contribution in [0.5, 0.6) is 0 Å². The van der Waals surface area contributed by atoms with Gasteiger partial charge in [-0.05, 0) is 37.8 Å². The number of carbonyl (C=O) groups is 2. The molecule has 0 saturated carbocycles. The van der Waals surface area contributed by atoms with Gasteiger partial charge in [0.1, 0.15) is 0 Å². The van der Waals surface area contributed by atoms with Crippen molar-refractivity contribution in [2.24, 2.45) is 0 Å². The first-order valence-corrected chi connectivity index (χ1v) is 9.99. The molecule has 0 rings (SSSR count). The van der Waals surface area contributed by atoms with Gasteiger partial charge in [-0.3, -0.25) is 9.59 Å². The Morgan fingerprint density at radius 1 is 0.778 bits per heavy atom. The Hall–Kier alpha value is -1.70. The van der Waals surface area contributed by atoms with Crippen molar-refractivity contribution in [1.29, 1.82) is 0 Å². The minimum Gasteiger partial charge on any atom is -0.347 e. The summed E-state index contributed by atoms with van der Waals surface area (Å²) >= 11 is 0. The van der Waals surface area contributed by atoms with E-state index in [1.807, 2.05) is 12.2 Å². The van der Waals surface area contributed by atoms with E-state index >= 15 is 0 Å². The fourth-order valence-corrected chi connectivity index (χ4v) is 2.31. The number of rotatable bonds is 16. The minimum absolute atomic E-state index is 0.0195. The normalized spacial score (nSPS) is 12.0. The first-order valence-electron chi connectivity index (χ1n) is 9.99. The molecular weight excluding hydrogens is 346 g/mol. The van der Waals surface area contributed by atoms with E-state index in [2.05, 4.69) is 24.5 Å². The molecule has 7 heteroatoms. The van der Waals surface area contributed by atoms with Crippen molar-refractivity contribution in [2.45, 2.75) is 65.2 Å². The molecule has 2 amide bonds. The van der Waals surface area contributed by atoms with Gasteiger partial charge in [-0.15, -0.1) is 0 Å². The van der Waals surface area contributed by atoms with E-state index in [4.69, 9.17) is 0 Å². The number of aliphatic hydroxyl groups excluding tert-OH is 2. The van der Waals surface area contributed by atoms with Gasteiger partial charge < -0.3 is 20.8 Å². The zero-order valence-corrected chi connectivity index (χ0v) is 17.0. The van der Waals surface area contributed by atoms with Crippen LogP contribution < -0.4 is 10.6 Å². The van der Waals surface area contributed by atoms with Gasteiger partial charge in [-0.2, -0.15) is 0 Å². The van der Waals surface area contributed by atoms with E-state index in [-0.39, 0.29) is 29.6 Å². The Kier molecular flexibility index (Phi) is 15.4. The average molecular weight is 385 g/mol. The number of hydrogen-bond acceptors (Lipinski definition) is 4. The lowest BCUT2D eigenvalue weighted by Gasteiger charge is -2.33. The SMILES string of the molecule is CCCCC/C=C/C(=O)NC[N+](CO)(CO)CNC(=O)/C=C/CCCCC. The molecule has 0 atom stereocenters. The molecule has 0 aromatic rings. The van der Waals surface area contributed by atoms with Crippen LogP contribution >= 0.6 is 0 Å². The Morgan fingerprint density at radius 3 is 1.52 bits per heavy atom. The maximum Gasteiger partial charge on any atom is 0.247 e. The second kappa shape index (κ2) is 16.5. The molecule has 0 aliphatic carbocycles. The zero-order chi connectivity index (χ0) is 20.4. The van der Waals surface area contributed by atoms with Crippen LogP contribution in [0.15, 0.2) is 24.3 Å². The van der Waals surface area contributed by atoms with Crippen molar-refractivity contribution < 1.29 is 24.3 Å². The zero-order valence-electron chi connectivity index (χ0n) is 17.0. The number of unbranched alkanes of at least 4 members (excludes halogenated alkanes) is 6. The van der Waals surface area contributed by atoms with E-state index in [1.165, 1.54) is 12.2 Å². The van der Waals surface area contributed by atoms with Gasteiger partial charge in [-0.25, -0.2) is 4.48 Å². The lowest BCUT2D eigenvalue weighted by molar-refractivity contribution is -0.964. The largest absolute Gasteiger partial charge is 0.347 e. The Morgan fingerprint density at radius 2 is 1.19 bits per heavy atom. The molecule has 27 heavy (non-hydrogen) atoms. The number of aliphatic hydroxyl groups is 2. The first kappa shape index (κ1) is 25.3. The molecule has 0 aliphatic heterocycles. The number of nitrogens with zero attached hydrogens (tertiary/aromatic N) is 1. The highest BCUT2D eigenvalue weighted by molar-refractivity contribution is 5.87. The summed E-state index contributed by atoms with van der Waals surface area (Å²) < 4.78 is -0.259. The molecule has 0 fully saturated rings. The van der Waals surface area contributed by atoms with Gasteiger partial charge in [0.25, 0.3) is 0 Å². The van der Waals surface area contributed by atoms with Crippen molar-refractivity contribution in [3.63, 3.8) is 0 Å². The highest BCUT2D eigenvalue weighted by Crippen LogP contribution is 2.02. The molecule has 0 radical (unpaired) electrons. The molecule has 4 N–H and O–H groups in total. The second-order valence-electron chi connectivity index (χ2n) is 6.82. The van der Waals surface area contributed by atoms with Gasteiger partial charge in [0.05, 0.1) is 0 Å². The van der Waals surface area contributed by atoms with E-state index in [1.54, 1.807) is 0 Å². The van der Waals surface area contributed by atoms with Crippen LogP contribution in [0.3, 0.4) is 0 Å². The number of nitrogens with one attached hydrogen (secondary N) is 2. The Bertz CT molecular complexity index is 422. The maximum absolute atomic E-state index is 11.9. The Balaban J connectivity index is 4.33. The van der Waals surface area contributed by atoms with Crippen LogP contribution in [0.4, 0.5) is 0 Å². The second-order valence-corrected chi connectivity index (χ2v) is 6.82. The summed E-state index contributed by atoms with van der Waals surface area (Å²) in [7, 11) is 0. The van der Waals surface area contributed by atoms with E-state index in [0.29, 0.717) is 0 Å². The minimum atomic E-state index is -0.405. The predicted molar refractivity (Wildman–Crippen MR) is 107 cm³/mol. The number of amides is 2. The molecule has 0 spiro atoms. The summed E-state index contributed by atoms with van der Waals surface area (Å²) in [5.74, 6) is -0.559. The third-order valence-electron chi connectivity index (χ3n) is 4.26. The van der Waals surface area contributed by atoms with E-state index in [9.17, 15) is 19.8 Å². The van der Waals surface area contributed by atoms with Crippen LogP contribution in [0.25, 0.3) is 0 Å². The van der Waals surface area contributed by atoms with Gasteiger partial charge in [0, 0.05) is 0 Å². The molecule has 7 nitrogen and oxygen atoms in total. The lowest BCUT2D eigenvalue weighted by atomic mass is 10.2. The fraction of sp³-hybridized carbons (Fsp3) is 0.700. The quantitative estimate of drug-likeness (QED) is 0.142. The highest BCUT2D eigenvalue weighted by atomic mass is 16.3. The number of quaternary nitrogens is 1. The molecule has 0 heterocycles. The van der Waals surface area contributed by atoms with Crippen molar-refractivity contribution >= 4 is 11.8 Å². The topological polar surface area (TPSA) is 98.7 Å². The van der Waals surface area contributed by atoms with Crippen molar-refractivity contribution in [3.05, 3.63) is 24.3 Å². The molecule has 156 valence electrons. The average Bonchev–Trinajstić information content (AvgIpc) is 2.68. The van der Waals surface area contributed by atoms with Crippen LogP contribution in [-0.2, 0) is 9.59 Å². The van der Waals surface area contributed by atoms with Crippen molar-refractivity contribution in [2.75, 3.05) is 26.8 Å². The summed E-state index contributed by atoms with van der Waals surface area (Å²) in [5, 5.41) is 24.6. The van der Waals surface area contributed by atoms with Gasteiger partial charge in [-0.1, -0.05) is 51.7 Å². The maximum atomic E-state index is 11.9.